The van der Waals surface area contributed by atoms with Crippen molar-refractivity contribution < 1.29 is 4.74 Å². The number of methoxy groups -OCH3 is 1. The van der Waals surface area contributed by atoms with E-state index in [1.54, 1.807) is 19.6 Å². The SMILES string of the molecule is COc1nc(Br)ccc1-n1ccnc1. The van der Waals surface area contributed by atoms with Crippen LogP contribution in [0.25, 0.3) is 5.69 Å². The topological polar surface area (TPSA) is 39.9 Å². The number of halogens is 1. The first-order chi connectivity index (χ1) is 6.81. The lowest BCUT2D eigenvalue weighted by Gasteiger charge is -2.07. The molecule has 2 rings (SSSR count). The molecule has 0 unspecified atom stereocenters. The predicted octanol–water partition coefficient (Wildman–Crippen LogP) is 2.04. The largest absolute Gasteiger partial charge is 0.479 e. The molecule has 0 aliphatic carbocycles. The van der Waals surface area contributed by atoms with Gasteiger partial charge in [-0.05, 0) is 28.1 Å². The quantitative estimate of drug-likeness (QED) is 0.770. The minimum Gasteiger partial charge on any atom is -0.479 e. The van der Waals surface area contributed by atoms with Gasteiger partial charge in [0.05, 0.1) is 13.4 Å². The van der Waals surface area contributed by atoms with Crippen molar-refractivity contribution in [3.8, 4) is 11.6 Å². The number of pyridine rings is 1. The maximum atomic E-state index is 5.16. The normalized spacial score (nSPS) is 10.1. The summed E-state index contributed by atoms with van der Waals surface area (Å²) in [5.41, 5.74) is 0.869. The third-order valence-electron chi connectivity index (χ3n) is 1.78. The Balaban J connectivity index is 2.53. The average molecular weight is 254 g/mol. The van der Waals surface area contributed by atoms with Crippen molar-refractivity contribution in [3.63, 3.8) is 0 Å². The molecular weight excluding hydrogens is 246 g/mol. The van der Waals surface area contributed by atoms with Gasteiger partial charge in [0.1, 0.15) is 10.3 Å². The number of rotatable bonds is 2. The maximum Gasteiger partial charge on any atom is 0.239 e. The molecule has 72 valence electrons. The molecule has 2 aromatic rings. The van der Waals surface area contributed by atoms with Gasteiger partial charge in [0.15, 0.2) is 0 Å². The summed E-state index contributed by atoms with van der Waals surface area (Å²) in [7, 11) is 1.59. The molecule has 0 radical (unpaired) electrons. The van der Waals surface area contributed by atoms with E-state index in [1.807, 2.05) is 22.9 Å². The van der Waals surface area contributed by atoms with Crippen molar-refractivity contribution in [3.05, 3.63) is 35.5 Å². The Morgan fingerprint density at radius 3 is 2.93 bits per heavy atom. The summed E-state index contributed by atoms with van der Waals surface area (Å²) in [6.45, 7) is 0. The number of nitrogens with zero attached hydrogens (tertiary/aromatic N) is 3. The molecule has 2 heterocycles. The minimum atomic E-state index is 0.567. The zero-order valence-corrected chi connectivity index (χ0v) is 9.10. The molecule has 0 amide bonds. The van der Waals surface area contributed by atoms with E-state index in [9.17, 15) is 0 Å². The molecule has 0 saturated carbocycles. The van der Waals surface area contributed by atoms with Crippen LogP contribution in [0.4, 0.5) is 0 Å². The third kappa shape index (κ3) is 1.63. The molecule has 2 aromatic heterocycles. The van der Waals surface area contributed by atoms with E-state index >= 15 is 0 Å². The fraction of sp³-hybridized carbons (Fsp3) is 0.111. The van der Waals surface area contributed by atoms with Gasteiger partial charge in [0, 0.05) is 12.4 Å². The molecule has 5 heteroatoms. The summed E-state index contributed by atoms with van der Waals surface area (Å²) >= 11 is 3.28. The lowest BCUT2D eigenvalue weighted by atomic mass is 10.4. The Morgan fingerprint density at radius 2 is 2.29 bits per heavy atom. The summed E-state index contributed by atoms with van der Waals surface area (Å²) in [6, 6.07) is 3.77. The molecule has 0 aliphatic heterocycles. The molecule has 4 nitrogen and oxygen atoms in total. The van der Waals surface area contributed by atoms with E-state index in [-0.39, 0.29) is 0 Å². The number of ether oxygens (including phenoxy) is 1. The Morgan fingerprint density at radius 1 is 1.43 bits per heavy atom. The van der Waals surface area contributed by atoms with Crippen molar-refractivity contribution in [2.24, 2.45) is 0 Å². The van der Waals surface area contributed by atoms with Crippen LogP contribution in [0.3, 0.4) is 0 Å². The fourth-order valence-electron chi connectivity index (χ4n) is 1.16. The first-order valence-corrected chi connectivity index (χ1v) is 4.79. The maximum absolute atomic E-state index is 5.16. The van der Waals surface area contributed by atoms with E-state index in [4.69, 9.17) is 4.74 Å². The second-order valence-corrected chi connectivity index (χ2v) is 3.44. The Labute approximate surface area is 89.7 Å². The smallest absolute Gasteiger partial charge is 0.239 e. The second-order valence-electron chi connectivity index (χ2n) is 2.63. The van der Waals surface area contributed by atoms with Crippen LogP contribution in [0.5, 0.6) is 5.88 Å². The first-order valence-electron chi connectivity index (χ1n) is 4.00. The zero-order valence-electron chi connectivity index (χ0n) is 7.51. The van der Waals surface area contributed by atoms with Crippen LogP contribution >= 0.6 is 15.9 Å². The highest BCUT2D eigenvalue weighted by Crippen LogP contribution is 2.22. The summed E-state index contributed by atoms with van der Waals surface area (Å²) in [5, 5.41) is 0. The van der Waals surface area contributed by atoms with Crippen LogP contribution in [-0.4, -0.2) is 21.6 Å². The fourth-order valence-corrected chi connectivity index (χ4v) is 1.45. The highest BCUT2D eigenvalue weighted by atomic mass is 79.9. The van der Waals surface area contributed by atoms with Crippen LogP contribution in [-0.2, 0) is 0 Å². The molecule has 0 N–H and O–H groups in total. The summed E-state index contributed by atoms with van der Waals surface area (Å²) in [6.07, 6.45) is 5.25. The Hall–Kier alpha value is -1.36. The van der Waals surface area contributed by atoms with Crippen LogP contribution in [0.2, 0.25) is 0 Å². The number of aromatic nitrogens is 3. The van der Waals surface area contributed by atoms with E-state index in [0.29, 0.717) is 5.88 Å². The summed E-state index contributed by atoms with van der Waals surface area (Å²) in [4.78, 5) is 8.16. The van der Waals surface area contributed by atoms with E-state index in [2.05, 4.69) is 25.9 Å². The van der Waals surface area contributed by atoms with Gasteiger partial charge < -0.3 is 9.30 Å². The highest BCUT2D eigenvalue weighted by Gasteiger charge is 2.06. The number of hydrogen-bond donors (Lipinski definition) is 0. The Kier molecular flexibility index (Phi) is 2.49. The number of imidazole rings is 1. The van der Waals surface area contributed by atoms with Crippen LogP contribution < -0.4 is 4.74 Å². The molecule has 0 saturated heterocycles. The molecule has 0 aromatic carbocycles. The average Bonchev–Trinajstić information content (AvgIpc) is 2.70. The number of hydrogen-bond acceptors (Lipinski definition) is 3. The molecule has 0 aliphatic rings. The lowest BCUT2D eigenvalue weighted by molar-refractivity contribution is 0.395. The van der Waals surface area contributed by atoms with Crippen molar-refractivity contribution >= 4 is 15.9 Å². The highest BCUT2D eigenvalue weighted by molar-refractivity contribution is 9.10. The van der Waals surface area contributed by atoms with Gasteiger partial charge in [-0.3, -0.25) is 0 Å². The molecule has 14 heavy (non-hydrogen) atoms. The van der Waals surface area contributed by atoms with Gasteiger partial charge in [-0.1, -0.05) is 0 Å². The van der Waals surface area contributed by atoms with Crippen molar-refractivity contribution in [2.75, 3.05) is 7.11 Å². The van der Waals surface area contributed by atoms with Gasteiger partial charge in [-0.15, -0.1) is 0 Å². The van der Waals surface area contributed by atoms with E-state index in [1.165, 1.54) is 0 Å². The van der Waals surface area contributed by atoms with Crippen molar-refractivity contribution in [2.45, 2.75) is 0 Å². The zero-order chi connectivity index (χ0) is 9.97. The summed E-state index contributed by atoms with van der Waals surface area (Å²) in [5.74, 6) is 0.567. The van der Waals surface area contributed by atoms with Gasteiger partial charge in [-0.25, -0.2) is 9.97 Å². The minimum absolute atomic E-state index is 0.567. The van der Waals surface area contributed by atoms with Gasteiger partial charge in [0.25, 0.3) is 0 Å². The summed E-state index contributed by atoms with van der Waals surface area (Å²) < 4.78 is 7.75. The van der Waals surface area contributed by atoms with E-state index in [0.717, 1.165) is 10.3 Å². The second kappa shape index (κ2) is 3.79. The Bertz CT molecular complexity index is 428. The van der Waals surface area contributed by atoms with Gasteiger partial charge in [0.2, 0.25) is 5.88 Å². The van der Waals surface area contributed by atoms with Crippen LogP contribution in [0.1, 0.15) is 0 Å². The van der Waals surface area contributed by atoms with Crippen LogP contribution in [0.15, 0.2) is 35.5 Å². The predicted molar refractivity (Wildman–Crippen MR) is 55.6 cm³/mol. The molecule has 0 bridgehead atoms. The van der Waals surface area contributed by atoms with E-state index < -0.39 is 0 Å². The monoisotopic (exact) mass is 253 g/mol. The molecule has 0 atom stereocenters. The van der Waals surface area contributed by atoms with Crippen molar-refractivity contribution in [1.29, 1.82) is 0 Å². The molecular formula is C9H8BrN3O. The third-order valence-corrected chi connectivity index (χ3v) is 2.22. The molecule has 0 spiro atoms. The van der Waals surface area contributed by atoms with Crippen molar-refractivity contribution in [1.82, 2.24) is 14.5 Å². The lowest BCUT2D eigenvalue weighted by Crippen LogP contribution is -1.97. The van der Waals surface area contributed by atoms with Crippen LogP contribution in [0, 0.1) is 0 Å². The first kappa shape index (κ1) is 9.21. The van der Waals surface area contributed by atoms with Gasteiger partial charge >= 0.3 is 0 Å². The standard InChI is InChI=1S/C9H8BrN3O/c1-14-9-7(2-3-8(10)12-9)13-5-4-11-6-13/h2-6H,1H3. The van der Waals surface area contributed by atoms with Gasteiger partial charge in [-0.2, -0.15) is 0 Å². The molecule has 0 fully saturated rings.